The van der Waals surface area contributed by atoms with Gasteiger partial charge in [-0.05, 0) is 20.8 Å². The van der Waals surface area contributed by atoms with E-state index < -0.39 is 11.7 Å². The Morgan fingerprint density at radius 1 is 1.67 bits per heavy atom. The van der Waals surface area contributed by atoms with Gasteiger partial charge in [-0.25, -0.2) is 9.78 Å². The summed E-state index contributed by atoms with van der Waals surface area (Å²) in [5.74, 6) is 0. The van der Waals surface area contributed by atoms with Gasteiger partial charge >= 0.3 is 6.09 Å². The third kappa shape index (κ3) is 5.66. The number of halogens is 1. The molecule has 0 fully saturated rings. The summed E-state index contributed by atoms with van der Waals surface area (Å²) in [5, 5.41) is 2.73. The molecule has 0 saturated carbocycles. The van der Waals surface area contributed by atoms with Crippen molar-refractivity contribution >= 4 is 29.0 Å². The molecule has 0 aliphatic heterocycles. The molecule has 0 saturated heterocycles. The zero-order chi connectivity index (χ0) is 13.8. The molecule has 0 aromatic carbocycles. The van der Waals surface area contributed by atoms with Crippen molar-refractivity contribution in [3.63, 3.8) is 0 Å². The first-order chi connectivity index (χ1) is 8.30. The number of thiazole rings is 1. The van der Waals surface area contributed by atoms with Crippen LogP contribution in [0.1, 0.15) is 25.6 Å². The van der Waals surface area contributed by atoms with Crippen LogP contribution in [0, 0.1) is 0 Å². The van der Waals surface area contributed by atoms with Crippen LogP contribution in [0.3, 0.4) is 0 Å². The van der Waals surface area contributed by atoms with E-state index >= 15 is 0 Å². The molecule has 1 aromatic heterocycles. The Labute approximate surface area is 116 Å². The van der Waals surface area contributed by atoms with Gasteiger partial charge in [-0.3, -0.25) is 0 Å². The first kappa shape index (κ1) is 15.2. The first-order valence-corrected chi connectivity index (χ1v) is 6.79. The highest BCUT2D eigenvalue weighted by atomic mass is 35.5. The van der Waals surface area contributed by atoms with Gasteiger partial charge in [0.2, 0.25) is 0 Å². The zero-order valence-corrected chi connectivity index (χ0v) is 12.3. The monoisotopic (exact) mass is 291 g/mol. The quantitative estimate of drug-likeness (QED) is 0.891. The molecule has 0 aliphatic rings. The van der Waals surface area contributed by atoms with Crippen LogP contribution in [-0.4, -0.2) is 29.3 Å². The molecular weight excluding hydrogens is 274 g/mol. The Morgan fingerprint density at radius 3 is 2.78 bits per heavy atom. The Morgan fingerprint density at radius 2 is 2.33 bits per heavy atom. The summed E-state index contributed by atoms with van der Waals surface area (Å²) in [6.07, 6.45) is 1.82. The predicted octanol–water partition coefficient (Wildman–Crippen LogP) is 2.19. The molecule has 0 bridgehead atoms. The largest absolute Gasteiger partial charge is 0.444 e. The summed E-state index contributed by atoms with van der Waals surface area (Å²) in [6, 6.07) is -0.184. The van der Waals surface area contributed by atoms with Gasteiger partial charge in [-0.2, -0.15) is 0 Å². The molecule has 3 N–H and O–H groups in total. The van der Waals surface area contributed by atoms with Crippen LogP contribution in [0.15, 0.2) is 6.20 Å². The summed E-state index contributed by atoms with van der Waals surface area (Å²) in [4.78, 5) is 16.5. The Kier molecular flexibility index (Phi) is 5.37. The van der Waals surface area contributed by atoms with Gasteiger partial charge in [-0.15, -0.1) is 11.3 Å². The average Bonchev–Trinajstić information content (AvgIpc) is 2.60. The summed E-state index contributed by atoms with van der Waals surface area (Å²) < 4.78 is 5.65. The maximum Gasteiger partial charge on any atom is 0.407 e. The molecule has 18 heavy (non-hydrogen) atoms. The fourth-order valence-corrected chi connectivity index (χ4v) is 2.35. The molecule has 1 rings (SSSR count). The van der Waals surface area contributed by atoms with E-state index in [-0.39, 0.29) is 6.04 Å². The number of nitrogens with zero attached hydrogens (tertiary/aromatic N) is 1. The molecule has 1 atom stereocenters. The van der Waals surface area contributed by atoms with Crippen LogP contribution in [-0.2, 0) is 11.2 Å². The molecule has 7 heteroatoms. The number of ether oxygens (including phenoxy) is 1. The highest BCUT2D eigenvalue weighted by Crippen LogP contribution is 2.19. The van der Waals surface area contributed by atoms with Gasteiger partial charge in [0.1, 0.15) is 5.60 Å². The molecular formula is C11H18ClN3O2S. The molecule has 102 valence electrons. The third-order valence-corrected chi connectivity index (χ3v) is 3.12. The Hall–Kier alpha value is -0.850. The van der Waals surface area contributed by atoms with Crippen molar-refractivity contribution in [3.8, 4) is 0 Å². The number of rotatable bonds is 4. The fourth-order valence-electron chi connectivity index (χ4n) is 1.29. The van der Waals surface area contributed by atoms with E-state index in [4.69, 9.17) is 22.1 Å². The van der Waals surface area contributed by atoms with E-state index in [9.17, 15) is 4.79 Å². The maximum atomic E-state index is 11.6. The minimum absolute atomic E-state index is 0.184. The SMILES string of the molecule is CC(C)(C)OC(=O)NC(CN)Cc1cnc(Cl)s1. The minimum Gasteiger partial charge on any atom is -0.444 e. The first-order valence-electron chi connectivity index (χ1n) is 5.60. The number of amides is 1. The van der Waals surface area contributed by atoms with Crippen molar-refractivity contribution in [2.45, 2.75) is 38.8 Å². The number of hydrogen-bond donors (Lipinski definition) is 2. The lowest BCUT2D eigenvalue weighted by Gasteiger charge is -2.22. The molecule has 0 spiro atoms. The maximum absolute atomic E-state index is 11.6. The Bertz CT molecular complexity index is 403. The van der Waals surface area contributed by atoms with Crippen molar-refractivity contribution in [1.82, 2.24) is 10.3 Å². The number of hydrogen-bond acceptors (Lipinski definition) is 5. The van der Waals surface area contributed by atoms with Crippen LogP contribution >= 0.6 is 22.9 Å². The fraction of sp³-hybridized carbons (Fsp3) is 0.636. The second-order valence-electron chi connectivity index (χ2n) is 4.86. The van der Waals surface area contributed by atoms with Crippen molar-refractivity contribution in [1.29, 1.82) is 0 Å². The lowest BCUT2D eigenvalue weighted by atomic mass is 10.2. The lowest BCUT2D eigenvalue weighted by molar-refractivity contribution is 0.0506. The van der Waals surface area contributed by atoms with Crippen molar-refractivity contribution in [2.75, 3.05) is 6.54 Å². The molecule has 1 unspecified atom stereocenters. The zero-order valence-electron chi connectivity index (χ0n) is 10.7. The number of nitrogens with two attached hydrogens (primary N) is 1. The molecule has 1 heterocycles. The van der Waals surface area contributed by atoms with Crippen molar-refractivity contribution in [3.05, 3.63) is 15.5 Å². The van der Waals surface area contributed by atoms with E-state index in [2.05, 4.69) is 10.3 Å². The predicted molar refractivity (Wildman–Crippen MR) is 73.0 cm³/mol. The van der Waals surface area contributed by atoms with E-state index in [1.807, 2.05) is 20.8 Å². The van der Waals surface area contributed by atoms with Gasteiger partial charge in [0, 0.05) is 30.1 Å². The van der Waals surface area contributed by atoms with Crippen LogP contribution < -0.4 is 11.1 Å². The van der Waals surface area contributed by atoms with Gasteiger partial charge in [0.15, 0.2) is 4.47 Å². The number of carbonyl (C=O) groups excluding carboxylic acids is 1. The summed E-state index contributed by atoms with van der Waals surface area (Å²) >= 11 is 7.12. The smallest absolute Gasteiger partial charge is 0.407 e. The van der Waals surface area contributed by atoms with Crippen LogP contribution in [0.4, 0.5) is 4.79 Å². The van der Waals surface area contributed by atoms with Gasteiger partial charge < -0.3 is 15.8 Å². The normalized spacial score (nSPS) is 13.2. The standard InChI is InChI=1S/C11H18ClN3O2S/c1-11(2,3)17-10(16)15-7(5-13)4-8-6-14-9(12)18-8/h6-7H,4-5,13H2,1-3H3,(H,15,16). The number of carbonyl (C=O) groups is 1. The van der Waals surface area contributed by atoms with E-state index in [1.54, 1.807) is 6.20 Å². The van der Waals surface area contributed by atoms with Gasteiger partial charge in [-0.1, -0.05) is 11.6 Å². The van der Waals surface area contributed by atoms with Crippen molar-refractivity contribution in [2.24, 2.45) is 5.73 Å². The van der Waals surface area contributed by atoms with E-state index in [0.717, 1.165) is 4.88 Å². The Balaban J connectivity index is 2.49. The summed E-state index contributed by atoms with van der Waals surface area (Å²) in [5.41, 5.74) is 5.10. The molecule has 0 aliphatic carbocycles. The second-order valence-corrected chi connectivity index (χ2v) is 6.56. The number of aromatic nitrogens is 1. The molecule has 5 nitrogen and oxygen atoms in total. The topological polar surface area (TPSA) is 77.2 Å². The van der Waals surface area contributed by atoms with Crippen LogP contribution in [0.25, 0.3) is 0 Å². The summed E-state index contributed by atoms with van der Waals surface area (Å²) in [7, 11) is 0. The number of alkyl carbamates (subject to hydrolysis) is 1. The molecule has 1 aromatic rings. The highest BCUT2D eigenvalue weighted by Gasteiger charge is 2.19. The van der Waals surface area contributed by atoms with Crippen LogP contribution in [0.5, 0.6) is 0 Å². The van der Waals surface area contributed by atoms with Crippen LogP contribution in [0.2, 0.25) is 4.47 Å². The van der Waals surface area contributed by atoms with Gasteiger partial charge in [0.25, 0.3) is 0 Å². The molecule has 0 radical (unpaired) electrons. The van der Waals surface area contributed by atoms with E-state index in [0.29, 0.717) is 17.4 Å². The second kappa shape index (κ2) is 6.36. The minimum atomic E-state index is -0.517. The van der Waals surface area contributed by atoms with E-state index in [1.165, 1.54) is 11.3 Å². The highest BCUT2D eigenvalue weighted by molar-refractivity contribution is 7.15. The number of nitrogens with one attached hydrogen (secondary N) is 1. The van der Waals surface area contributed by atoms with Gasteiger partial charge in [0.05, 0.1) is 0 Å². The van der Waals surface area contributed by atoms with Crippen molar-refractivity contribution < 1.29 is 9.53 Å². The average molecular weight is 292 g/mol. The third-order valence-electron chi connectivity index (χ3n) is 1.98. The lowest BCUT2D eigenvalue weighted by Crippen LogP contribution is -2.44. The molecule has 1 amide bonds. The summed E-state index contributed by atoms with van der Waals surface area (Å²) in [6.45, 7) is 5.77.